The lowest BCUT2D eigenvalue weighted by molar-refractivity contribution is -0.138. The summed E-state index contributed by atoms with van der Waals surface area (Å²) in [7, 11) is 0. The van der Waals surface area contributed by atoms with Crippen LogP contribution in [0.15, 0.2) is 54.6 Å². The number of carbonyl (C=O) groups is 2. The second-order valence-corrected chi connectivity index (χ2v) is 6.67. The van der Waals surface area contributed by atoms with Crippen LogP contribution in [0, 0.1) is 5.82 Å². The monoisotopic (exact) mass is 354 g/mol. The Morgan fingerprint density at radius 3 is 2.31 bits per heavy atom. The fourth-order valence-electron chi connectivity index (χ4n) is 3.17. The molecule has 26 heavy (non-hydrogen) atoms. The first kappa shape index (κ1) is 18.1. The van der Waals surface area contributed by atoms with Crippen LogP contribution in [0.25, 0.3) is 0 Å². The summed E-state index contributed by atoms with van der Waals surface area (Å²) in [6, 6.07) is 15.8. The summed E-state index contributed by atoms with van der Waals surface area (Å²) in [5, 5.41) is 2.79. The summed E-state index contributed by atoms with van der Waals surface area (Å²) in [5.74, 6) is -0.505. The third-order valence-electron chi connectivity index (χ3n) is 4.89. The number of benzene rings is 2. The van der Waals surface area contributed by atoms with Crippen molar-refractivity contribution in [3.05, 3.63) is 71.5 Å². The van der Waals surface area contributed by atoms with E-state index in [2.05, 4.69) is 5.32 Å². The van der Waals surface area contributed by atoms with Gasteiger partial charge in [0.15, 0.2) is 0 Å². The van der Waals surface area contributed by atoms with Crippen LogP contribution < -0.4 is 5.32 Å². The number of rotatable bonds is 7. The number of nitrogens with zero attached hydrogens (tertiary/aromatic N) is 1. The van der Waals surface area contributed by atoms with Gasteiger partial charge in [0.2, 0.25) is 11.8 Å². The number of amides is 2. The largest absolute Gasteiger partial charge is 0.350 e. The quantitative estimate of drug-likeness (QED) is 0.831. The van der Waals surface area contributed by atoms with Crippen LogP contribution in [0.2, 0.25) is 0 Å². The highest BCUT2D eigenvalue weighted by molar-refractivity contribution is 5.94. The molecule has 0 unspecified atom stereocenters. The van der Waals surface area contributed by atoms with Crippen molar-refractivity contribution in [2.45, 2.75) is 31.7 Å². The minimum atomic E-state index is -0.464. The predicted molar refractivity (Wildman–Crippen MR) is 97.9 cm³/mol. The molecule has 1 aliphatic rings. The van der Waals surface area contributed by atoms with E-state index in [1.807, 2.05) is 37.3 Å². The summed E-state index contributed by atoms with van der Waals surface area (Å²) in [6.45, 7) is 2.71. The van der Waals surface area contributed by atoms with Crippen molar-refractivity contribution in [3.63, 3.8) is 0 Å². The molecule has 1 N–H and O–H groups in total. The average molecular weight is 354 g/mol. The Morgan fingerprint density at radius 2 is 1.73 bits per heavy atom. The number of halogens is 1. The molecule has 0 bridgehead atoms. The summed E-state index contributed by atoms with van der Waals surface area (Å²) < 4.78 is 12.9. The van der Waals surface area contributed by atoms with Crippen LogP contribution in [0.5, 0.6) is 0 Å². The zero-order chi connectivity index (χ0) is 18.6. The number of nitrogens with one attached hydrogen (secondary N) is 1. The molecule has 5 heteroatoms. The molecule has 1 aliphatic carbocycles. The van der Waals surface area contributed by atoms with Gasteiger partial charge in [0.25, 0.3) is 0 Å². The summed E-state index contributed by atoms with van der Waals surface area (Å²) in [5.41, 5.74) is 1.38. The smallest absolute Gasteiger partial charge is 0.239 e. The van der Waals surface area contributed by atoms with Gasteiger partial charge in [0.1, 0.15) is 5.82 Å². The highest BCUT2D eigenvalue weighted by Gasteiger charge is 2.52. The lowest BCUT2D eigenvalue weighted by Gasteiger charge is -2.26. The van der Waals surface area contributed by atoms with Crippen LogP contribution in [0.4, 0.5) is 4.39 Å². The van der Waals surface area contributed by atoms with E-state index < -0.39 is 5.41 Å². The van der Waals surface area contributed by atoms with Crippen LogP contribution in [-0.4, -0.2) is 29.8 Å². The average Bonchev–Trinajstić information content (AvgIpc) is 3.48. The van der Waals surface area contributed by atoms with E-state index in [9.17, 15) is 14.0 Å². The van der Waals surface area contributed by atoms with Crippen molar-refractivity contribution in [3.8, 4) is 0 Å². The second kappa shape index (κ2) is 7.68. The minimum absolute atomic E-state index is 0.0168. The lowest BCUT2D eigenvalue weighted by atomic mass is 9.94. The van der Waals surface area contributed by atoms with E-state index in [1.54, 1.807) is 17.0 Å². The van der Waals surface area contributed by atoms with Crippen molar-refractivity contribution < 1.29 is 14.0 Å². The van der Waals surface area contributed by atoms with Gasteiger partial charge in [-0.05, 0) is 43.0 Å². The van der Waals surface area contributed by atoms with E-state index in [-0.39, 0.29) is 24.2 Å². The van der Waals surface area contributed by atoms with Crippen LogP contribution >= 0.6 is 0 Å². The Kier molecular flexibility index (Phi) is 5.35. The summed E-state index contributed by atoms with van der Waals surface area (Å²) in [6.07, 6.45) is 1.65. The maximum absolute atomic E-state index is 13.0. The molecule has 2 aromatic carbocycles. The van der Waals surface area contributed by atoms with Gasteiger partial charge in [-0.25, -0.2) is 4.39 Å². The van der Waals surface area contributed by atoms with Gasteiger partial charge < -0.3 is 10.2 Å². The Bertz CT molecular complexity index is 770. The Balaban J connectivity index is 1.59. The standard InChI is InChI=1S/C21H23FN2O2/c1-2-24(15-19(25)23-14-16-8-10-18(22)11-9-16)20(26)21(12-13-21)17-6-4-3-5-7-17/h3-11H,2,12-15H2,1H3,(H,23,25). The van der Waals surface area contributed by atoms with Crippen molar-refractivity contribution in [2.75, 3.05) is 13.1 Å². The highest BCUT2D eigenvalue weighted by Crippen LogP contribution is 2.49. The molecule has 1 fully saturated rings. The molecule has 2 aromatic rings. The topological polar surface area (TPSA) is 49.4 Å². The molecule has 2 amide bonds. The first-order chi connectivity index (χ1) is 12.5. The van der Waals surface area contributed by atoms with Crippen molar-refractivity contribution in [1.29, 1.82) is 0 Å². The first-order valence-electron chi connectivity index (χ1n) is 8.91. The molecule has 0 atom stereocenters. The number of hydrogen-bond acceptors (Lipinski definition) is 2. The predicted octanol–water partition coefficient (Wildman–Crippen LogP) is 3.02. The van der Waals surface area contributed by atoms with Crippen LogP contribution in [-0.2, 0) is 21.5 Å². The normalized spacial score (nSPS) is 14.5. The lowest BCUT2D eigenvalue weighted by Crippen LogP contribution is -2.45. The summed E-state index contributed by atoms with van der Waals surface area (Å²) >= 11 is 0. The third kappa shape index (κ3) is 3.93. The van der Waals surface area contributed by atoms with Crippen molar-refractivity contribution >= 4 is 11.8 Å². The Labute approximate surface area is 153 Å². The molecule has 136 valence electrons. The van der Waals surface area contributed by atoms with Gasteiger partial charge in [-0.15, -0.1) is 0 Å². The van der Waals surface area contributed by atoms with E-state index in [1.165, 1.54) is 12.1 Å². The molecule has 0 aromatic heterocycles. The maximum atomic E-state index is 13.0. The SMILES string of the molecule is CCN(CC(=O)NCc1ccc(F)cc1)C(=O)C1(c2ccccc2)CC1. The molecular formula is C21H23FN2O2. The van der Waals surface area contributed by atoms with Gasteiger partial charge >= 0.3 is 0 Å². The van der Waals surface area contributed by atoms with Gasteiger partial charge in [-0.3, -0.25) is 9.59 Å². The molecule has 1 saturated carbocycles. The zero-order valence-electron chi connectivity index (χ0n) is 14.9. The Hall–Kier alpha value is -2.69. The third-order valence-corrected chi connectivity index (χ3v) is 4.89. The minimum Gasteiger partial charge on any atom is -0.350 e. The highest BCUT2D eigenvalue weighted by atomic mass is 19.1. The van der Waals surface area contributed by atoms with E-state index >= 15 is 0 Å². The summed E-state index contributed by atoms with van der Waals surface area (Å²) in [4.78, 5) is 26.9. The van der Waals surface area contributed by atoms with Gasteiger partial charge in [0.05, 0.1) is 12.0 Å². The molecule has 4 nitrogen and oxygen atoms in total. The van der Waals surface area contributed by atoms with Crippen LogP contribution in [0.1, 0.15) is 30.9 Å². The molecule has 0 saturated heterocycles. The molecular weight excluding hydrogens is 331 g/mol. The van der Waals surface area contributed by atoms with Gasteiger partial charge in [0, 0.05) is 13.1 Å². The van der Waals surface area contributed by atoms with Crippen LogP contribution in [0.3, 0.4) is 0 Å². The Morgan fingerprint density at radius 1 is 1.08 bits per heavy atom. The fourth-order valence-corrected chi connectivity index (χ4v) is 3.17. The van der Waals surface area contributed by atoms with Crippen molar-refractivity contribution in [2.24, 2.45) is 0 Å². The molecule has 0 radical (unpaired) electrons. The van der Waals surface area contributed by atoms with E-state index in [0.717, 1.165) is 24.0 Å². The number of hydrogen-bond donors (Lipinski definition) is 1. The number of likely N-dealkylation sites (N-methyl/N-ethyl adjacent to an activating group) is 1. The number of carbonyl (C=O) groups excluding carboxylic acids is 2. The van der Waals surface area contributed by atoms with Gasteiger partial charge in [-0.2, -0.15) is 0 Å². The molecule has 0 spiro atoms. The van der Waals surface area contributed by atoms with Crippen molar-refractivity contribution in [1.82, 2.24) is 10.2 Å². The molecule has 3 rings (SSSR count). The molecule has 0 heterocycles. The van der Waals surface area contributed by atoms with Gasteiger partial charge in [-0.1, -0.05) is 42.5 Å². The molecule has 0 aliphatic heterocycles. The zero-order valence-corrected chi connectivity index (χ0v) is 14.9. The first-order valence-corrected chi connectivity index (χ1v) is 8.91. The van der Waals surface area contributed by atoms with E-state index in [4.69, 9.17) is 0 Å². The fraction of sp³-hybridized carbons (Fsp3) is 0.333. The maximum Gasteiger partial charge on any atom is 0.239 e. The van der Waals surface area contributed by atoms with E-state index in [0.29, 0.717) is 13.1 Å². The second-order valence-electron chi connectivity index (χ2n) is 6.67.